The van der Waals surface area contributed by atoms with Crippen LogP contribution in [0.25, 0.3) is 0 Å². The van der Waals surface area contributed by atoms with Crippen molar-refractivity contribution >= 4 is 11.7 Å². The van der Waals surface area contributed by atoms with Crippen molar-refractivity contribution in [2.24, 2.45) is 28.6 Å². The number of nitrogens with zero attached hydrogens (tertiary/aromatic N) is 1. The first-order valence-electron chi connectivity index (χ1n) is 14.2. The van der Waals surface area contributed by atoms with Gasteiger partial charge in [0.1, 0.15) is 0 Å². The van der Waals surface area contributed by atoms with Crippen LogP contribution in [0.15, 0.2) is 35.5 Å². The summed E-state index contributed by atoms with van der Waals surface area (Å²) in [6, 6.07) is -0.0831. The molecule has 4 aliphatic carbocycles. The van der Waals surface area contributed by atoms with Crippen LogP contribution in [0, 0.1) is 28.6 Å². The van der Waals surface area contributed by atoms with Gasteiger partial charge in [-0.2, -0.15) is 0 Å². The molecule has 6 unspecified atom stereocenters. The molecule has 1 amide bonds. The molecule has 8 atom stereocenters. The Kier molecular flexibility index (Phi) is 7.96. The minimum absolute atomic E-state index is 0.00134. The molecule has 0 heterocycles. The maximum atomic E-state index is 13.5. The van der Waals surface area contributed by atoms with E-state index in [0.29, 0.717) is 31.6 Å². The van der Waals surface area contributed by atoms with Gasteiger partial charge in [0.2, 0.25) is 5.91 Å². The lowest BCUT2D eigenvalue weighted by Crippen LogP contribution is -2.60. The Morgan fingerprint density at radius 1 is 1.22 bits per heavy atom. The topological polar surface area (TPSA) is 87.1 Å². The van der Waals surface area contributed by atoms with Crippen molar-refractivity contribution < 1.29 is 24.5 Å². The highest BCUT2D eigenvalue weighted by atomic mass is 16.5. The quantitative estimate of drug-likeness (QED) is 0.384. The van der Waals surface area contributed by atoms with Gasteiger partial charge >= 0.3 is 0 Å². The van der Waals surface area contributed by atoms with E-state index in [4.69, 9.17) is 4.74 Å². The minimum atomic E-state index is -1.06. The molecule has 0 aromatic heterocycles. The normalized spacial score (nSPS) is 40.6. The van der Waals surface area contributed by atoms with E-state index in [0.717, 1.165) is 37.7 Å². The zero-order valence-electron chi connectivity index (χ0n) is 23.6. The molecular formula is C31H47NO5. The van der Waals surface area contributed by atoms with Crippen LogP contribution in [-0.4, -0.2) is 64.8 Å². The van der Waals surface area contributed by atoms with Gasteiger partial charge in [-0.25, -0.2) is 0 Å². The van der Waals surface area contributed by atoms with Gasteiger partial charge in [0, 0.05) is 36.6 Å². The molecule has 0 aromatic carbocycles. The first-order chi connectivity index (χ1) is 17.4. The second-order valence-electron chi connectivity index (χ2n) is 12.6. The Morgan fingerprint density at radius 3 is 2.62 bits per heavy atom. The van der Waals surface area contributed by atoms with Gasteiger partial charge < -0.3 is 19.8 Å². The highest BCUT2D eigenvalue weighted by molar-refractivity contribution is 5.95. The first kappa shape index (κ1) is 28.3. The summed E-state index contributed by atoms with van der Waals surface area (Å²) in [7, 11) is 1.65. The van der Waals surface area contributed by atoms with Gasteiger partial charge in [0.15, 0.2) is 5.78 Å². The molecule has 37 heavy (non-hydrogen) atoms. The van der Waals surface area contributed by atoms with E-state index in [2.05, 4.69) is 20.8 Å². The molecule has 4 aliphatic rings. The highest BCUT2D eigenvalue weighted by Gasteiger charge is 2.66. The van der Waals surface area contributed by atoms with Gasteiger partial charge in [0.25, 0.3) is 0 Å². The summed E-state index contributed by atoms with van der Waals surface area (Å²) in [6.45, 7) is 11.2. The molecule has 0 aromatic rings. The maximum Gasteiger partial charge on any atom is 0.249 e. The third-order valence-corrected chi connectivity index (χ3v) is 10.9. The molecule has 0 aliphatic heterocycles. The molecule has 4 rings (SSSR count). The SMILES string of the molecule is C/C=C\C=C(/C)C(=O)N(CCOC)C(C)C1CC[C@@]2(O)C3=CC(=O)C4CC(O)CCC4(C)C3CC[C@]12C. The van der Waals surface area contributed by atoms with Crippen LogP contribution in [0.5, 0.6) is 0 Å². The monoisotopic (exact) mass is 513 g/mol. The number of methoxy groups -OCH3 is 1. The van der Waals surface area contributed by atoms with E-state index >= 15 is 0 Å². The fourth-order valence-corrected chi connectivity index (χ4v) is 8.57. The van der Waals surface area contributed by atoms with Gasteiger partial charge in [-0.05, 0) is 94.6 Å². The number of ketones is 1. The predicted molar refractivity (Wildman–Crippen MR) is 145 cm³/mol. The lowest BCUT2D eigenvalue weighted by atomic mass is 9.46. The van der Waals surface area contributed by atoms with Crippen molar-refractivity contribution in [3.63, 3.8) is 0 Å². The first-order valence-corrected chi connectivity index (χ1v) is 14.2. The number of amides is 1. The van der Waals surface area contributed by atoms with Crippen LogP contribution in [0.3, 0.4) is 0 Å². The number of rotatable bonds is 7. The maximum absolute atomic E-state index is 13.5. The van der Waals surface area contributed by atoms with Gasteiger partial charge in [0.05, 0.1) is 18.3 Å². The molecule has 0 bridgehead atoms. The Labute approximate surface area is 222 Å². The Hall–Kier alpha value is -1.76. The largest absolute Gasteiger partial charge is 0.393 e. The van der Waals surface area contributed by atoms with Crippen molar-refractivity contribution in [3.8, 4) is 0 Å². The zero-order chi connectivity index (χ0) is 27.2. The van der Waals surface area contributed by atoms with Crippen LogP contribution in [-0.2, 0) is 14.3 Å². The zero-order valence-corrected chi connectivity index (χ0v) is 23.6. The van der Waals surface area contributed by atoms with Crippen LogP contribution in [0.2, 0.25) is 0 Å². The van der Waals surface area contributed by atoms with Crippen LogP contribution < -0.4 is 0 Å². The van der Waals surface area contributed by atoms with Crippen LogP contribution in [0.4, 0.5) is 0 Å². The molecule has 206 valence electrons. The van der Waals surface area contributed by atoms with E-state index in [-0.39, 0.29) is 40.9 Å². The fraction of sp³-hybridized carbons (Fsp3) is 0.742. The second-order valence-corrected chi connectivity index (χ2v) is 12.6. The average molecular weight is 514 g/mol. The number of hydrogen-bond acceptors (Lipinski definition) is 5. The number of carbonyl (C=O) groups is 2. The molecule has 2 N–H and O–H groups in total. The van der Waals surface area contributed by atoms with Crippen LogP contribution >= 0.6 is 0 Å². The standard InChI is InChI=1S/C31H47NO5/c1-7-8-9-20(2)28(35)32(16-17-37-6)21(3)23-12-15-31(36)25-19-27(34)26-18-22(33)10-13-29(26,4)24(25)11-14-30(23,31)5/h7-9,19,21-24,26,33,36H,10-18H2,1-6H3/b8-7-,20-9+/t21?,22?,23?,24?,26?,29?,30-,31-/m1/s1. The smallest absolute Gasteiger partial charge is 0.249 e. The van der Waals surface area contributed by atoms with Crippen molar-refractivity contribution in [3.05, 3.63) is 35.5 Å². The van der Waals surface area contributed by atoms with E-state index in [1.165, 1.54) is 0 Å². The van der Waals surface area contributed by atoms with E-state index in [9.17, 15) is 19.8 Å². The number of carbonyl (C=O) groups excluding carboxylic acids is 2. The van der Waals surface area contributed by atoms with Crippen LogP contribution in [0.1, 0.15) is 79.6 Å². The second kappa shape index (κ2) is 10.4. The Balaban J connectivity index is 1.67. The van der Waals surface area contributed by atoms with Crippen molar-refractivity contribution in [1.29, 1.82) is 0 Å². The van der Waals surface area contributed by atoms with Gasteiger partial charge in [-0.3, -0.25) is 9.59 Å². The molecule has 3 fully saturated rings. The van der Waals surface area contributed by atoms with E-state index in [1.807, 2.05) is 37.0 Å². The summed E-state index contributed by atoms with van der Waals surface area (Å²) < 4.78 is 5.36. The summed E-state index contributed by atoms with van der Waals surface area (Å²) in [5.41, 5.74) is -0.0902. The highest BCUT2D eigenvalue weighted by Crippen LogP contribution is 2.67. The van der Waals surface area contributed by atoms with Crippen molar-refractivity contribution in [2.45, 2.75) is 97.3 Å². The summed E-state index contributed by atoms with van der Waals surface area (Å²) in [4.78, 5) is 28.8. The third kappa shape index (κ3) is 4.47. The Bertz CT molecular complexity index is 1000. The number of ether oxygens (including phenoxy) is 1. The van der Waals surface area contributed by atoms with Gasteiger partial charge in [-0.1, -0.05) is 32.1 Å². The third-order valence-electron chi connectivity index (χ3n) is 10.9. The molecule has 0 radical (unpaired) electrons. The number of fused-ring (bicyclic) bond motifs is 5. The average Bonchev–Trinajstić information content (AvgIpc) is 3.15. The fourth-order valence-electron chi connectivity index (χ4n) is 8.57. The number of aliphatic hydroxyl groups excluding tert-OH is 1. The number of aliphatic hydroxyl groups is 2. The lowest BCUT2D eigenvalue weighted by Gasteiger charge is -2.60. The van der Waals surface area contributed by atoms with E-state index in [1.54, 1.807) is 13.2 Å². The minimum Gasteiger partial charge on any atom is -0.393 e. The number of hydrogen-bond donors (Lipinski definition) is 2. The summed E-state index contributed by atoms with van der Waals surface area (Å²) >= 11 is 0. The molecule has 3 saturated carbocycles. The Morgan fingerprint density at radius 2 is 1.95 bits per heavy atom. The molecule has 0 saturated heterocycles. The molecule has 6 nitrogen and oxygen atoms in total. The number of allylic oxidation sites excluding steroid dienone is 4. The van der Waals surface area contributed by atoms with E-state index < -0.39 is 17.1 Å². The molecular weight excluding hydrogens is 466 g/mol. The lowest BCUT2D eigenvalue weighted by molar-refractivity contribution is -0.143. The molecule has 6 heteroatoms. The summed E-state index contributed by atoms with van der Waals surface area (Å²) in [5, 5.41) is 22.8. The van der Waals surface area contributed by atoms with Crippen molar-refractivity contribution in [2.75, 3.05) is 20.3 Å². The van der Waals surface area contributed by atoms with Crippen molar-refractivity contribution in [1.82, 2.24) is 4.90 Å². The van der Waals surface area contributed by atoms with Gasteiger partial charge in [-0.15, -0.1) is 0 Å². The molecule has 0 spiro atoms. The summed E-state index contributed by atoms with van der Waals surface area (Å²) in [6.07, 6.45) is 12.3. The summed E-state index contributed by atoms with van der Waals surface area (Å²) in [5.74, 6) is 0.167. The predicted octanol–water partition coefficient (Wildman–Crippen LogP) is 4.61.